The van der Waals surface area contributed by atoms with Gasteiger partial charge in [-0.2, -0.15) is 0 Å². The van der Waals surface area contributed by atoms with E-state index in [1.807, 2.05) is 41.5 Å². The van der Waals surface area contributed by atoms with E-state index in [9.17, 15) is 0 Å². The Labute approximate surface area is 134 Å². The number of aliphatic hydroxyl groups is 2. The maximum Gasteiger partial charge on any atom is 0.0558 e. The molecule has 0 bridgehead atoms. The Bertz CT molecular complexity index is 164. The highest BCUT2D eigenvalue weighted by Gasteiger charge is 2.27. The van der Waals surface area contributed by atoms with Gasteiger partial charge < -0.3 is 15.1 Å². The van der Waals surface area contributed by atoms with Crippen LogP contribution >= 0.6 is 0 Å². The van der Waals surface area contributed by atoms with Gasteiger partial charge in [-0.1, -0.05) is 41.5 Å². The zero-order valence-corrected chi connectivity index (χ0v) is 15.9. The van der Waals surface area contributed by atoms with Crippen molar-refractivity contribution in [2.24, 2.45) is 5.92 Å². The van der Waals surface area contributed by atoms with E-state index in [1.165, 1.54) is 6.42 Å². The summed E-state index contributed by atoms with van der Waals surface area (Å²) in [6.07, 6.45) is 1.23. The number of likely N-dealkylation sites (tertiary alicyclic amines) is 1. The van der Waals surface area contributed by atoms with Crippen LogP contribution in [0.2, 0.25) is 0 Å². The van der Waals surface area contributed by atoms with Crippen molar-refractivity contribution in [1.82, 2.24) is 9.80 Å². The molecule has 0 aromatic carbocycles. The van der Waals surface area contributed by atoms with Gasteiger partial charge in [0.15, 0.2) is 0 Å². The molecule has 1 heterocycles. The molecule has 0 radical (unpaired) electrons. The highest BCUT2D eigenvalue weighted by Crippen LogP contribution is 2.21. The minimum Gasteiger partial charge on any atom is -0.395 e. The second-order valence-corrected chi connectivity index (χ2v) is 4.64. The first kappa shape index (κ1) is 25.8. The first-order chi connectivity index (χ1) is 10.2. The maximum atomic E-state index is 8.91. The van der Waals surface area contributed by atoms with Crippen LogP contribution in [0.4, 0.5) is 0 Å². The zero-order valence-electron chi connectivity index (χ0n) is 15.9. The molecule has 0 aliphatic carbocycles. The average molecular weight is 307 g/mol. The fourth-order valence-electron chi connectivity index (χ4n) is 2.40. The SMILES string of the molecule is CC.CC.CC.CC1CC(CN(CCO)CCO)CN1C. The van der Waals surface area contributed by atoms with Crippen molar-refractivity contribution < 1.29 is 10.2 Å². The second-order valence-electron chi connectivity index (χ2n) is 4.64. The van der Waals surface area contributed by atoms with Gasteiger partial charge in [0.05, 0.1) is 13.2 Å². The van der Waals surface area contributed by atoms with E-state index in [4.69, 9.17) is 10.2 Å². The van der Waals surface area contributed by atoms with E-state index >= 15 is 0 Å². The molecule has 4 heteroatoms. The van der Waals surface area contributed by atoms with E-state index in [-0.39, 0.29) is 13.2 Å². The summed E-state index contributed by atoms with van der Waals surface area (Å²) in [7, 11) is 2.16. The lowest BCUT2D eigenvalue weighted by Crippen LogP contribution is -2.35. The summed E-state index contributed by atoms with van der Waals surface area (Å²) in [4.78, 5) is 4.53. The van der Waals surface area contributed by atoms with Gasteiger partial charge in [-0.3, -0.25) is 4.90 Å². The van der Waals surface area contributed by atoms with Gasteiger partial charge in [0.2, 0.25) is 0 Å². The van der Waals surface area contributed by atoms with Crippen LogP contribution in [0.15, 0.2) is 0 Å². The van der Waals surface area contributed by atoms with Crippen molar-refractivity contribution in [3.05, 3.63) is 0 Å². The molecule has 0 saturated carbocycles. The topological polar surface area (TPSA) is 46.9 Å². The van der Waals surface area contributed by atoms with Crippen LogP contribution in [-0.2, 0) is 0 Å². The van der Waals surface area contributed by atoms with Gasteiger partial charge in [0, 0.05) is 32.2 Å². The standard InChI is InChI=1S/C11H24N2O2.3C2H6/c1-10-7-11(8-12(10)2)9-13(3-5-14)4-6-15;3*1-2/h10-11,14-15H,3-9H2,1-2H3;3*1-2H3. The third kappa shape index (κ3) is 13.2. The van der Waals surface area contributed by atoms with Crippen molar-refractivity contribution in [3.63, 3.8) is 0 Å². The molecule has 4 nitrogen and oxygen atoms in total. The average Bonchev–Trinajstić information content (AvgIpc) is 2.84. The molecule has 0 aromatic rings. The minimum atomic E-state index is 0.179. The van der Waals surface area contributed by atoms with Crippen LogP contribution < -0.4 is 0 Å². The highest BCUT2D eigenvalue weighted by atomic mass is 16.3. The Kier molecular flexibility index (Phi) is 24.4. The van der Waals surface area contributed by atoms with Crippen molar-refractivity contribution in [1.29, 1.82) is 0 Å². The predicted molar refractivity (Wildman–Crippen MR) is 94.9 cm³/mol. The third-order valence-electron chi connectivity index (χ3n) is 3.32. The fraction of sp³-hybridized carbons (Fsp3) is 1.00. The molecule has 1 aliphatic rings. The molecular weight excluding hydrogens is 264 g/mol. The molecule has 132 valence electrons. The number of hydrogen-bond donors (Lipinski definition) is 2. The molecule has 0 amide bonds. The van der Waals surface area contributed by atoms with E-state index in [0.29, 0.717) is 25.0 Å². The summed E-state index contributed by atoms with van der Waals surface area (Å²) in [5, 5.41) is 17.8. The summed E-state index contributed by atoms with van der Waals surface area (Å²) in [6.45, 7) is 18.1. The van der Waals surface area contributed by atoms with Gasteiger partial charge >= 0.3 is 0 Å². The number of aliphatic hydroxyl groups excluding tert-OH is 2. The van der Waals surface area contributed by atoms with Gasteiger partial charge in [0.1, 0.15) is 0 Å². The lowest BCUT2D eigenvalue weighted by atomic mass is 10.1. The van der Waals surface area contributed by atoms with Crippen LogP contribution in [0.5, 0.6) is 0 Å². The Hall–Kier alpha value is -0.160. The molecule has 2 unspecified atom stereocenters. The molecule has 21 heavy (non-hydrogen) atoms. The van der Waals surface area contributed by atoms with Gasteiger partial charge in [-0.05, 0) is 26.3 Å². The number of nitrogens with zero attached hydrogens (tertiary/aromatic N) is 2. The van der Waals surface area contributed by atoms with Crippen LogP contribution in [0.1, 0.15) is 54.9 Å². The molecule has 0 spiro atoms. The Balaban J connectivity index is -0.000000478. The molecule has 2 N–H and O–H groups in total. The third-order valence-corrected chi connectivity index (χ3v) is 3.32. The summed E-state index contributed by atoms with van der Waals surface area (Å²) in [5.74, 6) is 0.683. The molecule has 1 aliphatic heterocycles. The Morgan fingerprint density at radius 3 is 1.67 bits per heavy atom. The van der Waals surface area contributed by atoms with E-state index in [1.54, 1.807) is 0 Å². The molecule has 2 atom stereocenters. The van der Waals surface area contributed by atoms with Gasteiger partial charge in [0.25, 0.3) is 0 Å². The number of rotatable bonds is 6. The summed E-state index contributed by atoms with van der Waals surface area (Å²) in [6, 6.07) is 0.667. The van der Waals surface area contributed by atoms with Crippen LogP contribution in [-0.4, -0.2) is 72.5 Å². The maximum absolute atomic E-state index is 8.91. The summed E-state index contributed by atoms with van der Waals surface area (Å²) < 4.78 is 0. The van der Waals surface area contributed by atoms with Crippen molar-refractivity contribution in [3.8, 4) is 0 Å². The molecule has 1 rings (SSSR count). The van der Waals surface area contributed by atoms with E-state index in [0.717, 1.165) is 13.1 Å². The Morgan fingerprint density at radius 1 is 0.952 bits per heavy atom. The predicted octanol–water partition coefficient (Wildman–Crippen LogP) is 2.69. The van der Waals surface area contributed by atoms with Gasteiger partial charge in [-0.15, -0.1) is 0 Å². The largest absolute Gasteiger partial charge is 0.395 e. The molecule has 1 fully saturated rings. The monoisotopic (exact) mass is 306 g/mol. The van der Waals surface area contributed by atoms with E-state index < -0.39 is 0 Å². The van der Waals surface area contributed by atoms with Crippen LogP contribution in [0, 0.1) is 5.92 Å². The van der Waals surface area contributed by atoms with Crippen molar-refractivity contribution in [2.75, 3.05) is 46.4 Å². The molecular formula is C17H42N2O2. The lowest BCUT2D eigenvalue weighted by Gasteiger charge is -2.23. The normalized spacial score (nSPS) is 20.7. The van der Waals surface area contributed by atoms with Crippen molar-refractivity contribution in [2.45, 2.75) is 60.9 Å². The fourth-order valence-corrected chi connectivity index (χ4v) is 2.40. The quantitative estimate of drug-likeness (QED) is 0.792. The minimum absolute atomic E-state index is 0.179. The Morgan fingerprint density at radius 2 is 1.38 bits per heavy atom. The first-order valence-corrected chi connectivity index (χ1v) is 8.81. The molecule has 1 saturated heterocycles. The van der Waals surface area contributed by atoms with Crippen molar-refractivity contribution >= 4 is 0 Å². The highest BCUT2D eigenvalue weighted by molar-refractivity contribution is 4.82. The lowest BCUT2D eigenvalue weighted by molar-refractivity contribution is 0.145. The second kappa shape index (κ2) is 19.8. The van der Waals surface area contributed by atoms with Crippen LogP contribution in [0.25, 0.3) is 0 Å². The first-order valence-electron chi connectivity index (χ1n) is 8.81. The van der Waals surface area contributed by atoms with Gasteiger partial charge in [-0.25, -0.2) is 0 Å². The summed E-state index contributed by atoms with van der Waals surface area (Å²) in [5.41, 5.74) is 0. The number of hydrogen-bond acceptors (Lipinski definition) is 4. The molecule has 0 aromatic heterocycles. The zero-order chi connectivity index (χ0) is 17.3. The smallest absolute Gasteiger partial charge is 0.0558 e. The van der Waals surface area contributed by atoms with E-state index in [2.05, 4.69) is 23.8 Å². The summed E-state index contributed by atoms with van der Waals surface area (Å²) >= 11 is 0. The van der Waals surface area contributed by atoms with Crippen LogP contribution in [0.3, 0.4) is 0 Å².